The highest BCUT2D eigenvalue weighted by Crippen LogP contribution is 2.07. The van der Waals surface area contributed by atoms with E-state index in [0.717, 1.165) is 11.1 Å². The Bertz CT molecular complexity index is 521. The number of aromatic amines is 1. The fraction of sp³-hybridized carbons (Fsp3) is 0.0714. The van der Waals surface area contributed by atoms with Gasteiger partial charge < -0.3 is 4.74 Å². The fourth-order valence-corrected chi connectivity index (χ4v) is 1.47. The minimum Gasteiger partial charge on any atom is -0.440 e. The first kappa shape index (κ1) is 12.0. The largest absolute Gasteiger partial charge is 0.440 e. The van der Waals surface area contributed by atoms with Crippen molar-refractivity contribution in [3.8, 4) is 5.88 Å². The summed E-state index contributed by atoms with van der Waals surface area (Å²) < 4.78 is 5.59. The average molecular weight is 241 g/mol. The first-order valence-corrected chi connectivity index (χ1v) is 5.56. The quantitative estimate of drug-likeness (QED) is 0.756. The van der Waals surface area contributed by atoms with Crippen LogP contribution in [0.1, 0.15) is 11.1 Å². The van der Waals surface area contributed by atoms with Crippen LogP contribution < -0.4 is 9.72 Å². The lowest BCUT2D eigenvalue weighted by molar-refractivity contribution is -0.395. The molecule has 0 unspecified atom stereocenters. The van der Waals surface area contributed by atoms with Crippen molar-refractivity contribution >= 4 is 6.08 Å². The second-order valence-corrected chi connectivity index (χ2v) is 3.68. The molecule has 4 heteroatoms. The molecular weight excluding hydrogens is 228 g/mol. The van der Waals surface area contributed by atoms with Gasteiger partial charge in [-0.25, -0.2) is 0 Å². The van der Waals surface area contributed by atoms with E-state index in [1.807, 2.05) is 42.5 Å². The van der Waals surface area contributed by atoms with Gasteiger partial charge >= 0.3 is 5.88 Å². The van der Waals surface area contributed by atoms with Crippen LogP contribution in [0.5, 0.6) is 5.88 Å². The van der Waals surface area contributed by atoms with E-state index in [2.05, 4.69) is 10.2 Å². The molecule has 1 heterocycles. The molecule has 4 nitrogen and oxygen atoms in total. The Morgan fingerprint density at radius 3 is 2.67 bits per heavy atom. The van der Waals surface area contributed by atoms with Crippen LogP contribution in [0.3, 0.4) is 0 Å². The van der Waals surface area contributed by atoms with Gasteiger partial charge in [-0.1, -0.05) is 30.3 Å². The maximum Gasteiger partial charge on any atom is 0.366 e. The molecule has 0 fully saturated rings. The van der Waals surface area contributed by atoms with Gasteiger partial charge in [-0.15, -0.1) is 4.91 Å². The van der Waals surface area contributed by atoms with Crippen LogP contribution in [0, 0.1) is 4.91 Å². The lowest BCUT2D eigenvalue weighted by atomic mass is 10.2. The number of H-pyrrole nitrogens is 1. The molecule has 0 aliphatic carbocycles. The first-order valence-electron chi connectivity index (χ1n) is 5.56. The average Bonchev–Trinajstić information content (AvgIpc) is 2.45. The van der Waals surface area contributed by atoms with E-state index in [1.54, 1.807) is 12.3 Å². The number of nitrogens with zero attached hydrogens (tertiary/aromatic N) is 1. The normalized spacial score (nSPS) is 10.4. The van der Waals surface area contributed by atoms with Crippen LogP contribution >= 0.6 is 0 Å². The number of aromatic nitrogens is 1. The van der Waals surface area contributed by atoms with E-state index in [9.17, 15) is 4.91 Å². The molecular formula is C14H13N2O2+. The molecule has 0 amide bonds. The highest BCUT2D eigenvalue weighted by Gasteiger charge is 2.02. The Labute approximate surface area is 105 Å². The van der Waals surface area contributed by atoms with Gasteiger partial charge in [-0.2, -0.15) is 4.98 Å². The predicted octanol–water partition coefficient (Wildman–Crippen LogP) is 2.82. The van der Waals surface area contributed by atoms with Gasteiger partial charge in [0.25, 0.3) is 0 Å². The Morgan fingerprint density at radius 2 is 2.00 bits per heavy atom. The van der Waals surface area contributed by atoms with Crippen molar-refractivity contribution in [3.05, 3.63) is 70.9 Å². The zero-order valence-corrected chi connectivity index (χ0v) is 9.74. The smallest absolute Gasteiger partial charge is 0.366 e. The van der Waals surface area contributed by atoms with Gasteiger partial charge in [-0.05, 0) is 22.9 Å². The summed E-state index contributed by atoms with van der Waals surface area (Å²) >= 11 is 0. The molecule has 2 rings (SSSR count). The van der Waals surface area contributed by atoms with Crippen molar-refractivity contribution in [2.75, 3.05) is 0 Å². The Balaban J connectivity index is 1.94. The molecule has 0 aliphatic heterocycles. The number of hydrogen-bond donors (Lipinski definition) is 0. The van der Waals surface area contributed by atoms with Gasteiger partial charge in [-0.3, -0.25) is 0 Å². The second kappa shape index (κ2) is 6.30. The van der Waals surface area contributed by atoms with Gasteiger partial charge in [0, 0.05) is 5.56 Å². The van der Waals surface area contributed by atoms with Crippen LogP contribution in [0.2, 0.25) is 0 Å². The SMILES string of the molecule is O=N/C=C/c1ccc(OCc2ccccc2)[nH+]c1. The zero-order valence-electron chi connectivity index (χ0n) is 9.74. The molecule has 0 saturated heterocycles. The van der Waals surface area contributed by atoms with E-state index in [1.165, 1.54) is 6.20 Å². The van der Waals surface area contributed by atoms with E-state index in [-0.39, 0.29) is 0 Å². The summed E-state index contributed by atoms with van der Waals surface area (Å²) in [6.45, 7) is 0.516. The van der Waals surface area contributed by atoms with E-state index in [4.69, 9.17) is 4.74 Å². The standard InChI is InChI=1S/C14H12N2O2/c17-16-9-8-12-6-7-14(15-10-12)18-11-13-4-2-1-3-5-13/h1-10H,11H2/p+1/b9-8+. The summed E-state index contributed by atoms with van der Waals surface area (Å²) in [6.07, 6.45) is 4.57. The molecule has 0 aliphatic rings. The van der Waals surface area contributed by atoms with Gasteiger partial charge in [0.15, 0.2) is 6.20 Å². The number of hydrogen-bond acceptors (Lipinski definition) is 3. The van der Waals surface area contributed by atoms with Crippen molar-refractivity contribution in [1.82, 2.24) is 0 Å². The maximum absolute atomic E-state index is 9.93. The zero-order chi connectivity index (χ0) is 12.6. The maximum atomic E-state index is 9.93. The van der Waals surface area contributed by atoms with Gasteiger partial charge in [0.2, 0.25) is 0 Å². The van der Waals surface area contributed by atoms with E-state index in [0.29, 0.717) is 12.5 Å². The molecule has 0 spiro atoms. The summed E-state index contributed by atoms with van der Waals surface area (Å²) in [5.41, 5.74) is 1.97. The third-order valence-electron chi connectivity index (χ3n) is 2.37. The second-order valence-electron chi connectivity index (χ2n) is 3.68. The molecule has 0 atom stereocenters. The Kier molecular flexibility index (Phi) is 4.19. The summed E-state index contributed by atoms with van der Waals surface area (Å²) in [5, 5.41) is 2.65. The molecule has 2 aromatic rings. The third kappa shape index (κ3) is 3.52. The predicted molar refractivity (Wildman–Crippen MR) is 68.6 cm³/mol. The van der Waals surface area contributed by atoms with Gasteiger partial charge in [0.1, 0.15) is 6.61 Å². The number of nitrogens with one attached hydrogen (secondary N) is 1. The van der Waals surface area contributed by atoms with Crippen LogP contribution in [-0.2, 0) is 6.61 Å². The number of benzene rings is 1. The highest BCUT2D eigenvalue weighted by molar-refractivity contribution is 5.46. The Hall–Kier alpha value is -2.49. The molecule has 0 bridgehead atoms. The van der Waals surface area contributed by atoms with E-state index < -0.39 is 0 Å². The van der Waals surface area contributed by atoms with E-state index >= 15 is 0 Å². The van der Waals surface area contributed by atoms with Crippen molar-refractivity contribution in [1.29, 1.82) is 0 Å². The molecule has 90 valence electrons. The van der Waals surface area contributed by atoms with Crippen LogP contribution in [0.4, 0.5) is 0 Å². The molecule has 0 radical (unpaired) electrons. The lowest BCUT2D eigenvalue weighted by Gasteiger charge is -2.01. The number of ether oxygens (including phenoxy) is 1. The highest BCUT2D eigenvalue weighted by atomic mass is 16.5. The molecule has 1 aromatic heterocycles. The minimum atomic E-state index is 0.516. The van der Waals surface area contributed by atoms with Crippen molar-refractivity contribution in [3.63, 3.8) is 0 Å². The fourth-order valence-electron chi connectivity index (χ4n) is 1.47. The first-order chi connectivity index (χ1) is 8.88. The topological polar surface area (TPSA) is 52.8 Å². The van der Waals surface area contributed by atoms with Crippen molar-refractivity contribution < 1.29 is 9.72 Å². The number of pyridine rings is 1. The molecule has 1 aromatic carbocycles. The lowest BCUT2D eigenvalue weighted by Crippen LogP contribution is -2.09. The third-order valence-corrected chi connectivity index (χ3v) is 2.37. The monoisotopic (exact) mass is 241 g/mol. The summed E-state index contributed by atoms with van der Waals surface area (Å²) in [5.74, 6) is 0.676. The Morgan fingerprint density at radius 1 is 1.17 bits per heavy atom. The molecule has 1 N–H and O–H groups in total. The summed E-state index contributed by atoms with van der Waals surface area (Å²) in [4.78, 5) is 12.9. The molecule has 18 heavy (non-hydrogen) atoms. The summed E-state index contributed by atoms with van der Waals surface area (Å²) in [6, 6.07) is 13.6. The number of rotatable bonds is 5. The summed E-state index contributed by atoms with van der Waals surface area (Å²) in [7, 11) is 0. The van der Waals surface area contributed by atoms with Crippen LogP contribution in [0.15, 0.2) is 60.0 Å². The number of nitroso groups, excluding NO2 is 1. The van der Waals surface area contributed by atoms with Crippen molar-refractivity contribution in [2.45, 2.75) is 6.61 Å². The molecule has 0 saturated carbocycles. The van der Waals surface area contributed by atoms with Gasteiger partial charge in [0.05, 0.1) is 12.3 Å². The van der Waals surface area contributed by atoms with Crippen LogP contribution in [0.25, 0.3) is 6.08 Å². The van der Waals surface area contributed by atoms with Crippen LogP contribution in [-0.4, -0.2) is 0 Å². The minimum absolute atomic E-state index is 0.516. The van der Waals surface area contributed by atoms with Crippen molar-refractivity contribution in [2.24, 2.45) is 5.18 Å².